The summed E-state index contributed by atoms with van der Waals surface area (Å²) >= 11 is 0. The van der Waals surface area contributed by atoms with Crippen LogP contribution in [0.1, 0.15) is 80.7 Å². The monoisotopic (exact) mass is 447 g/mol. The molecule has 0 spiro atoms. The Kier molecular flexibility index (Phi) is 14.1. The van der Waals surface area contributed by atoms with Crippen LogP contribution in [0.25, 0.3) is 11.1 Å². The molecule has 1 atom stereocenters. The van der Waals surface area contributed by atoms with E-state index in [0.717, 1.165) is 5.69 Å². The van der Waals surface area contributed by atoms with Gasteiger partial charge in [-0.2, -0.15) is 0 Å². The van der Waals surface area contributed by atoms with Crippen molar-refractivity contribution in [3.05, 3.63) is 90.5 Å². The van der Waals surface area contributed by atoms with Gasteiger partial charge in [0.05, 0.1) is 0 Å². The molecule has 0 aromatic heterocycles. The molecule has 1 unspecified atom stereocenters. The number of para-hydroxylation sites is 1. The third-order valence-electron chi connectivity index (χ3n) is 4.88. The number of hydrogen-bond donors (Lipinski definition) is 1. The van der Waals surface area contributed by atoms with Gasteiger partial charge < -0.3 is 5.32 Å². The Labute approximate surface area is 205 Å². The zero-order chi connectivity index (χ0) is 25.5. The van der Waals surface area contributed by atoms with Crippen LogP contribution in [0.2, 0.25) is 0 Å². The minimum atomic E-state index is 0.314. The van der Waals surface area contributed by atoms with Crippen molar-refractivity contribution in [3.63, 3.8) is 0 Å². The maximum atomic E-state index is 3.03. The third kappa shape index (κ3) is 14.3. The summed E-state index contributed by atoms with van der Waals surface area (Å²) in [7, 11) is 1.91. The Balaban J connectivity index is 0.000000564. The van der Waals surface area contributed by atoms with E-state index in [1.165, 1.54) is 16.7 Å². The first kappa shape index (κ1) is 30.5. The lowest BCUT2D eigenvalue weighted by Gasteiger charge is -2.27. The number of nitrogens with one attached hydrogen (secondary N) is 1. The average molecular weight is 448 g/mol. The van der Waals surface area contributed by atoms with Crippen LogP contribution >= 0.6 is 0 Å². The van der Waals surface area contributed by atoms with E-state index in [4.69, 9.17) is 0 Å². The molecule has 3 aromatic rings. The molecule has 1 heteroatoms. The van der Waals surface area contributed by atoms with Crippen LogP contribution in [0.4, 0.5) is 5.69 Å². The lowest BCUT2D eigenvalue weighted by atomic mass is 9.77. The Bertz CT molecular complexity index is 829. The molecule has 0 radical (unpaired) electrons. The quantitative estimate of drug-likeness (QED) is 0.421. The van der Waals surface area contributed by atoms with Crippen LogP contribution in [-0.2, 0) is 0 Å². The average Bonchev–Trinajstić information content (AvgIpc) is 2.80. The third-order valence-corrected chi connectivity index (χ3v) is 4.88. The summed E-state index contributed by atoms with van der Waals surface area (Å²) in [6.07, 6.45) is 0. The van der Waals surface area contributed by atoms with Crippen LogP contribution in [0.5, 0.6) is 0 Å². The van der Waals surface area contributed by atoms with Crippen molar-refractivity contribution < 1.29 is 0 Å². The number of rotatable bonds is 3. The van der Waals surface area contributed by atoms with Crippen LogP contribution in [0, 0.1) is 10.8 Å². The van der Waals surface area contributed by atoms with Crippen molar-refractivity contribution in [1.82, 2.24) is 0 Å². The maximum Gasteiger partial charge on any atom is 0.0337 e. The molecule has 1 N–H and O–H groups in total. The maximum absolute atomic E-state index is 3.03. The molecule has 33 heavy (non-hydrogen) atoms. The van der Waals surface area contributed by atoms with E-state index in [0.29, 0.717) is 16.7 Å². The van der Waals surface area contributed by atoms with E-state index in [-0.39, 0.29) is 0 Å². The highest BCUT2D eigenvalue weighted by molar-refractivity contribution is 5.63. The Morgan fingerprint density at radius 2 is 0.939 bits per heavy atom. The minimum absolute atomic E-state index is 0.314. The Morgan fingerprint density at radius 3 is 1.27 bits per heavy atom. The summed E-state index contributed by atoms with van der Waals surface area (Å²) in [6, 6.07) is 29.6. The predicted octanol–water partition coefficient (Wildman–Crippen LogP) is 10.3. The fourth-order valence-corrected chi connectivity index (χ4v) is 2.70. The van der Waals surface area contributed by atoms with Gasteiger partial charge in [-0.1, -0.05) is 142 Å². The molecule has 3 aromatic carbocycles. The second kappa shape index (κ2) is 15.3. The fourth-order valence-electron chi connectivity index (χ4n) is 2.70. The second-order valence-corrected chi connectivity index (χ2v) is 10.7. The second-order valence-electron chi connectivity index (χ2n) is 10.7. The van der Waals surface area contributed by atoms with Gasteiger partial charge in [0.2, 0.25) is 0 Å². The number of benzene rings is 3. The van der Waals surface area contributed by atoms with E-state index < -0.39 is 0 Å². The summed E-state index contributed by atoms with van der Waals surface area (Å²) in [5, 5.41) is 3.03. The first-order valence-corrected chi connectivity index (χ1v) is 12.3. The van der Waals surface area contributed by atoms with Gasteiger partial charge in [-0.3, -0.25) is 0 Å². The summed E-state index contributed by atoms with van der Waals surface area (Å²) in [6.45, 7) is 21.9. The van der Waals surface area contributed by atoms with E-state index >= 15 is 0 Å². The Hall–Kier alpha value is -2.54. The summed E-state index contributed by atoms with van der Waals surface area (Å²) < 4.78 is 0. The summed E-state index contributed by atoms with van der Waals surface area (Å²) in [4.78, 5) is 0. The Morgan fingerprint density at radius 1 is 0.576 bits per heavy atom. The van der Waals surface area contributed by atoms with Crippen molar-refractivity contribution in [2.75, 3.05) is 12.4 Å². The molecule has 0 aliphatic rings. The molecule has 0 amide bonds. The van der Waals surface area contributed by atoms with E-state index in [1.807, 2.05) is 51.2 Å². The molecule has 1 nitrogen and oxygen atoms in total. The van der Waals surface area contributed by atoms with Crippen molar-refractivity contribution in [2.45, 2.75) is 75.2 Å². The zero-order valence-corrected chi connectivity index (χ0v) is 23.2. The van der Waals surface area contributed by atoms with E-state index in [9.17, 15) is 0 Å². The van der Waals surface area contributed by atoms with Crippen molar-refractivity contribution in [3.8, 4) is 11.1 Å². The molecule has 0 saturated carbocycles. The van der Waals surface area contributed by atoms with E-state index in [1.54, 1.807) is 0 Å². The lowest BCUT2D eigenvalue weighted by Crippen LogP contribution is -2.15. The molecule has 3 rings (SSSR count). The topological polar surface area (TPSA) is 12.0 Å². The molecular formula is C32H49N. The molecule has 0 bridgehead atoms. The molecular weight excluding hydrogens is 398 g/mol. The van der Waals surface area contributed by atoms with Gasteiger partial charge in [0, 0.05) is 12.7 Å². The SMILES string of the molecule is CC.CC(C)(C)C.CC(c1ccc(-c2ccccc2)cc1)C(C)(C)C.CNc1ccccc1. The molecule has 0 fully saturated rings. The summed E-state index contributed by atoms with van der Waals surface area (Å²) in [5.74, 6) is 0.572. The highest BCUT2D eigenvalue weighted by atomic mass is 14.8. The first-order chi connectivity index (χ1) is 15.4. The molecule has 182 valence electrons. The highest BCUT2D eigenvalue weighted by Crippen LogP contribution is 2.35. The zero-order valence-electron chi connectivity index (χ0n) is 23.2. The highest BCUT2D eigenvalue weighted by Gasteiger charge is 2.21. The molecule has 0 heterocycles. The molecule has 0 aliphatic heterocycles. The minimum Gasteiger partial charge on any atom is -0.388 e. The number of anilines is 1. The van der Waals surface area contributed by atoms with Gasteiger partial charge >= 0.3 is 0 Å². The van der Waals surface area contributed by atoms with Crippen LogP contribution in [-0.4, -0.2) is 7.05 Å². The van der Waals surface area contributed by atoms with Crippen LogP contribution in [0.3, 0.4) is 0 Å². The van der Waals surface area contributed by atoms with Crippen LogP contribution < -0.4 is 5.32 Å². The standard InChI is InChI=1S/C18H22.C7H9N.C5H12.C2H6/c1-14(18(2,3)4)15-10-12-17(13-11-15)16-8-6-5-7-9-16;1-8-7-5-3-2-4-6-7;1-5(2,3)4;1-2/h5-14H,1-4H3;2-6,8H,1H3;1-4H3;1-2H3. The fraction of sp³-hybridized carbons (Fsp3) is 0.438. The van der Waals surface area contributed by atoms with Gasteiger partial charge in [-0.05, 0) is 45.6 Å². The largest absolute Gasteiger partial charge is 0.388 e. The summed E-state index contributed by atoms with van der Waals surface area (Å²) in [5.41, 5.74) is 5.97. The predicted molar refractivity (Wildman–Crippen MR) is 152 cm³/mol. The lowest BCUT2D eigenvalue weighted by molar-refractivity contribution is 0.339. The van der Waals surface area contributed by atoms with Crippen molar-refractivity contribution in [2.24, 2.45) is 10.8 Å². The van der Waals surface area contributed by atoms with Crippen molar-refractivity contribution in [1.29, 1.82) is 0 Å². The van der Waals surface area contributed by atoms with E-state index in [2.05, 4.69) is 115 Å². The number of hydrogen-bond acceptors (Lipinski definition) is 1. The van der Waals surface area contributed by atoms with Gasteiger partial charge in [0.25, 0.3) is 0 Å². The normalized spacial score (nSPS) is 11.4. The van der Waals surface area contributed by atoms with Gasteiger partial charge in [-0.25, -0.2) is 0 Å². The van der Waals surface area contributed by atoms with Crippen LogP contribution in [0.15, 0.2) is 84.9 Å². The van der Waals surface area contributed by atoms with Crippen molar-refractivity contribution >= 4 is 5.69 Å². The molecule has 0 aliphatic carbocycles. The van der Waals surface area contributed by atoms with Gasteiger partial charge in [0.15, 0.2) is 0 Å². The van der Waals surface area contributed by atoms with Gasteiger partial charge in [-0.15, -0.1) is 0 Å². The smallest absolute Gasteiger partial charge is 0.0337 e. The molecule has 0 saturated heterocycles. The van der Waals surface area contributed by atoms with Gasteiger partial charge in [0.1, 0.15) is 0 Å². The first-order valence-electron chi connectivity index (χ1n) is 12.3.